The predicted octanol–water partition coefficient (Wildman–Crippen LogP) is 2.31. The summed E-state index contributed by atoms with van der Waals surface area (Å²) in [5, 5.41) is 21.1. The highest BCUT2D eigenvalue weighted by Crippen LogP contribution is 2.73. The van der Waals surface area contributed by atoms with Crippen molar-refractivity contribution < 1.29 is 19.7 Å². The molecule has 24 heavy (non-hydrogen) atoms. The fourth-order valence-corrected chi connectivity index (χ4v) is 7.98. The minimum absolute atomic E-state index is 0.0465. The van der Waals surface area contributed by atoms with Crippen LogP contribution in [0.5, 0.6) is 0 Å². The molecule has 4 nitrogen and oxygen atoms in total. The molecule has 0 amide bonds. The third kappa shape index (κ3) is 1.55. The molecule has 4 saturated carbocycles. The first kappa shape index (κ1) is 15.8. The topological polar surface area (TPSA) is 70.1 Å². The van der Waals surface area contributed by atoms with Crippen LogP contribution in [0, 0.1) is 34.5 Å². The molecule has 1 heterocycles. The monoisotopic (exact) mass is 334 g/mol. The van der Waals surface area contributed by atoms with Crippen LogP contribution in [0.4, 0.5) is 0 Å². The molecule has 4 heteroatoms. The van der Waals surface area contributed by atoms with E-state index in [9.17, 15) is 15.0 Å². The van der Waals surface area contributed by atoms with Crippen LogP contribution in [0.2, 0.25) is 0 Å². The van der Waals surface area contributed by atoms with Crippen molar-refractivity contribution in [3.8, 4) is 0 Å². The van der Waals surface area contributed by atoms with E-state index < -0.39 is 0 Å². The fraction of sp³-hybridized carbons (Fsp3) is 0.950. The zero-order chi connectivity index (χ0) is 16.9. The van der Waals surface area contributed by atoms with Crippen LogP contribution in [0.15, 0.2) is 0 Å². The Morgan fingerprint density at radius 1 is 1.21 bits per heavy atom. The zero-order valence-corrected chi connectivity index (χ0v) is 14.8. The number of epoxide rings is 1. The predicted molar refractivity (Wildman–Crippen MR) is 88.2 cm³/mol. The van der Waals surface area contributed by atoms with Crippen molar-refractivity contribution in [1.29, 1.82) is 0 Å². The first-order chi connectivity index (χ1) is 11.4. The lowest BCUT2D eigenvalue weighted by molar-refractivity contribution is -0.167. The lowest BCUT2D eigenvalue weighted by Gasteiger charge is -2.61. The van der Waals surface area contributed by atoms with E-state index in [0.29, 0.717) is 30.1 Å². The largest absolute Gasteiger partial charge is 0.396 e. The highest BCUT2D eigenvalue weighted by atomic mass is 16.6. The Bertz CT molecular complexity index is 590. The number of carbonyl (C=O) groups excluding carboxylic acids is 1. The number of fused-ring (bicyclic) bond motifs is 4. The SMILES string of the molecule is C[C@@H]1CC23OC2C(=O)CC[C@]3(CO)[C@H]2CC[C@]3(C)C(O)CC[C@H]3[C@H]12. The first-order valence-electron chi connectivity index (χ1n) is 9.89. The van der Waals surface area contributed by atoms with E-state index in [-0.39, 0.29) is 41.0 Å². The Kier molecular flexibility index (Phi) is 3.04. The molecule has 0 bridgehead atoms. The minimum atomic E-state index is -0.372. The summed E-state index contributed by atoms with van der Waals surface area (Å²) in [7, 11) is 0. The summed E-state index contributed by atoms with van der Waals surface area (Å²) in [5.41, 5.74) is -0.550. The number of aliphatic hydroxyl groups excluding tert-OH is 2. The summed E-state index contributed by atoms with van der Waals surface area (Å²) in [4.78, 5) is 12.2. The molecule has 134 valence electrons. The fourth-order valence-electron chi connectivity index (χ4n) is 7.98. The van der Waals surface area contributed by atoms with Gasteiger partial charge in [0.1, 0.15) is 11.7 Å². The van der Waals surface area contributed by atoms with Gasteiger partial charge in [-0.05, 0) is 67.6 Å². The highest BCUT2D eigenvalue weighted by molar-refractivity contribution is 5.88. The highest BCUT2D eigenvalue weighted by Gasteiger charge is 2.79. The molecule has 1 spiro atoms. The van der Waals surface area contributed by atoms with Gasteiger partial charge < -0.3 is 14.9 Å². The zero-order valence-electron chi connectivity index (χ0n) is 14.8. The number of ether oxygens (including phenoxy) is 1. The van der Waals surface area contributed by atoms with Crippen molar-refractivity contribution in [2.75, 3.05) is 6.61 Å². The standard InChI is InChI=1S/C20H30O4/c1-11-9-20-17(24-20)14(22)6-8-19(20,10-21)13-5-7-18(2)12(16(11)13)3-4-15(18)23/h11-13,15-17,21,23H,3-10H2,1-2H3/t11-,12+,13+,15?,16+,17?,18+,19+,20?/m1/s1. The van der Waals surface area contributed by atoms with Crippen molar-refractivity contribution in [2.24, 2.45) is 34.5 Å². The van der Waals surface area contributed by atoms with E-state index in [2.05, 4.69) is 13.8 Å². The van der Waals surface area contributed by atoms with E-state index in [0.717, 1.165) is 38.5 Å². The number of aliphatic hydroxyl groups is 2. The maximum absolute atomic E-state index is 12.2. The average Bonchev–Trinajstić information content (AvgIpc) is 3.22. The number of ketones is 1. The molecule has 5 fully saturated rings. The smallest absolute Gasteiger partial charge is 0.164 e. The molecule has 4 aliphatic carbocycles. The van der Waals surface area contributed by atoms with Crippen molar-refractivity contribution in [3.63, 3.8) is 0 Å². The average molecular weight is 334 g/mol. The second-order valence-corrected chi connectivity index (χ2v) is 9.78. The maximum Gasteiger partial charge on any atom is 0.164 e. The lowest BCUT2D eigenvalue weighted by atomic mass is 9.42. The molecule has 1 saturated heterocycles. The van der Waals surface area contributed by atoms with Crippen LogP contribution >= 0.6 is 0 Å². The molecule has 5 aliphatic rings. The minimum Gasteiger partial charge on any atom is -0.396 e. The third-order valence-electron chi connectivity index (χ3n) is 9.20. The van der Waals surface area contributed by atoms with Gasteiger partial charge in [0.25, 0.3) is 0 Å². The van der Waals surface area contributed by atoms with Crippen molar-refractivity contribution in [3.05, 3.63) is 0 Å². The summed E-state index contributed by atoms with van der Waals surface area (Å²) >= 11 is 0. The van der Waals surface area contributed by atoms with Crippen LogP contribution in [0.3, 0.4) is 0 Å². The quantitative estimate of drug-likeness (QED) is 0.722. The first-order valence-corrected chi connectivity index (χ1v) is 9.89. The number of rotatable bonds is 1. The molecule has 3 unspecified atom stereocenters. The molecule has 2 N–H and O–H groups in total. The second-order valence-electron chi connectivity index (χ2n) is 9.78. The number of carbonyl (C=O) groups is 1. The van der Waals surface area contributed by atoms with Gasteiger partial charge in [0.15, 0.2) is 5.78 Å². The van der Waals surface area contributed by atoms with E-state index in [1.807, 2.05) is 0 Å². The summed E-state index contributed by atoms with van der Waals surface area (Å²) in [5.74, 6) is 2.29. The van der Waals surface area contributed by atoms with Crippen LogP contribution in [-0.2, 0) is 9.53 Å². The molecular weight excluding hydrogens is 304 g/mol. The molecule has 0 aromatic rings. The van der Waals surface area contributed by atoms with Gasteiger partial charge in [-0.1, -0.05) is 13.8 Å². The van der Waals surface area contributed by atoms with Gasteiger partial charge in [-0.2, -0.15) is 0 Å². The number of hydrogen-bond donors (Lipinski definition) is 2. The van der Waals surface area contributed by atoms with E-state index in [1.165, 1.54) is 0 Å². The molecule has 1 aliphatic heterocycles. The van der Waals surface area contributed by atoms with Gasteiger partial charge in [0.2, 0.25) is 0 Å². The summed E-state index contributed by atoms with van der Waals surface area (Å²) < 4.78 is 6.09. The Balaban J connectivity index is 1.57. The van der Waals surface area contributed by atoms with Crippen LogP contribution in [-0.4, -0.2) is 40.4 Å². The summed E-state index contributed by atoms with van der Waals surface area (Å²) in [6.07, 6.45) is 5.99. The van der Waals surface area contributed by atoms with Gasteiger partial charge >= 0.3 is 0 Å². The van der Waals surface area contributed by atoms with Crippen molar-refractivity contribution >= 4 is 5.78 Å². The normalized spacial score (nSPS) is 61.6. The second kappa shape index (κ2) is 4.63. The number of hydrogen-bond acceptors (Lipinski definition) is 4. The lowest BCUT2D eigenvalue weighted by Crippen LogP contribution is -2.63. The Morgan fingerprint density at radius 2 is 2.00 bits per heavy atom. The maximum atomic E-state index is 12.2. The van der Waals surface area contributed by atoms with Gasteiger partial charge in [0, 0.05) is 11.8 Å². The number of Topliss-reactive ketones (excluding diaryl/α,β-unsaturated/α-hetero) is 1. The van der Waals surface area contributed by atoms with E-state index in [1.54, 1.807) is 0 Å². The van der Waals surface area contributed by atoms with Crippen LogP contribution in [0.1, 0.15) is 58.8 Å². The molecule has 0 radical (unpaired) electrons. The van der Waals surface area contributed by atoms with E-state index in [4.69, 9.17) is 4.74 Å². The van der Waals surface area contributed by atoms with E-state index >= 15 is 0 Å². The molecular formula is C20H30O4. The Hall–Kier alpha value is -0.450. The Labute approximate surface area is 144 Å². The molecule has 0 aromatic heterocycles. The van der Waals surface area contributed by atoms with Gasteiger partial charge in [0.05, 0.1) is 12.7 Å². The molecule has 5 rings (SSSR count). The Morgan fingerprint density at radius 3 is 2.75 bits per heavy atom. The van der Waals surface area contributed by atoms with Crippen LogP contribution < -0.4 is 0 Å². The third-order valence-corrected chi connectivity index (χ3v) is 9.20. The summed E-state index contributed by atoms with van der Waals surface area (Å²) in [6.45, 7) is 4.76. The van der Waals surface area contributed by atoms with Crippen LogP contribution in [0.25, 0.3) is 0 Å². The van der Waals surface area contributed by atoms with Gasteiger partial charge in [-0.3, -0.25) is 4.79 Å². The van der Waals surface area contributed by atoms with Crippen molar-refractivity contribution in [2.45, 2.75) is 76.6 Å². The molecule has 9 atom stereocenters. The van der Waals surface area contributed by atoms with Crippen molar-refractivity contribution in [1.82, 2.24) is 0 Å². The molecule has 0 aromatic carbocycles. The van der Waals surface area contributed by atoms with Gasteiger partial charge in [-0.25, -0.2) is 0 Å². The van der Waals surface area contributed by atoms with Gasteiger partial charge in [-0.15, -0.1) is 0 Å². The summed E-state index contributed by atoms with van der Waals surface area (Å²) in [6, 6.07) is 0.